The van der Waals surface area contributed by atoms with Gasteiger partial charge in [-0.2, -0.15) is 0 Å². The zero-order valence-corrected chi connectivity index (χ0v) is 11.8. The standard InChI is InChI=1S/C13H18ClFN2.ClH/c14-12-3-1-11(2-4-12)13(5-6-15)17-9-7-16-8-10-17;/h1-4,13,16H,5-10H2;1H/t13-;/m1./s1. The third kappa shape index (κ3) is 4.09. The molecule has 0 unspecified atom stereocenters. The van der Waals surface area contributed by atoms with Crippen LogP contribution in [0.5, 0.6) is 0 Å². The molecule has 18 heavy (non-hydrogen) atoms. The fourth-order valence-corrected chi connectivity index (χ4v) is 2.47. The van der Waals surface area contributed by atoms with Gasteiger partial charge in [0.15, 0.2) is 0 Å². The van der Waals surface area contributed by atoms with Crippen LogP contribution < -0.4 is 5.32 Å². The number of rotatable bonds is 4. The van der Waals surface area contributed by atoms with E-state index in [9.17, 15) is 4.39 Å². The first-order valence-electron chi connectivity index (χ1n) is 6.07. The molecule has 2 nitrogen and oxygen atoms in total. The molecule has 0 amide bonds. The zero-order valence-electron chi connectivity index (χ0n) is 10.2. The molecular weight excluding hydrogens is 274 g/mol. The Kier molecular flexibility index (Phi) is 6.94. The minimum atomic E-state index is -0.281. The first-order valence-corrected chi connectivity index (χ1v) is 6.45. The summed E-state index contributed by atoms with van der Waals surface area (Å²) in [4.78, 5) is 2.35. The van der Waals surface area contributed by atoms with Gasteiger partial charge in [-0.1, -0.05) is 23.7 Å². The smallest absolute Gasteiger partial charge is 0.0912 e. The molecular formula is C13H19Cl2FN2. The van der Waals surface area contributed by atoms with Crippen molar-refractivity contribution < 1.29 is 4.39 Å². The monoisotopic (exact) mass is 292 g/mol. The molecule has 1 aliphatic heterocycles. The Labute approximate surface area is 119 Å². The van der Waals surface area contributed by atoms with E-state index in [0.717, 1.165) is 36.8 Å². The number of nitrogens with zero attached hydrogens (tertiary/aromatic N) is 1. The molecule has 0 spiro atoms. The minimum Gasteiger partial charge on any atom is -0.314 e. The van der Waals surface area contributed by atoms with Crippen LogP contribution >= 0.6 is 24.0 Å². The quantitative estimate of drug-likeness (QED) is 0.918. The Morgan fingerprint density at radius 3 is 2.39 bits per heavy atom. The highest BCUT2D eigenvalue weighted by atomic mass is 35.5. The molecule has 0 bridgehead atoms. The molecule has 1 N–H and O–H groups in total. The number of nitrogens with one attached hydrogen (secondary N) is 1. The molecule has 2 rings (SSSR count). The Hall–Kier alpha value is -0.350. The molecule has 1 aliphatic rings. The van der Waals surface area contributed by atoms with E-state index in [1.165, 1.54) is 0 Å². The van der Waals surface area contributed by atoms with Gasteiger partial charge in [0.2, 0.25) is 0 Å². The number of halogens is 3. The van der Waals surface area contributed by atoms with E-state index < -0.39 is 0 Å². The summed E-state index contributed by atoms with van der Waals surface area (Å²) in [6.45, 7) is 3.64. The second-order valence-corrected chi connectivity index (χ2v) is 4.77. The number of piperazine rings is 1. The summed E-state index contributed by atoms with van der Waals surface area (Å²) in [5, 5.41) is 4.05. The number of hydrogen-bond donors (Lipinski definition) is 1. The summed E-state index contributed by atoms with van der Waals surface area (Å²) in [5.74, 6) is 0. The molecule has 0 aliphatic carbocycles. The summed E-state index contributed by atoms with van der Waals surface area (Å²) >= 11 is 5.88. The highest BCUT2D eigenvalue weighted by Crippen LogP contribution is 2.26. The highest BCUT2D eigenvalue weighted by molar-refractivity contribution is 6.30. The molecule has 1 saturated heterocycles. The van der Waals surface area contributed by atoms with Crippen molar-refractivity contribution in [1.82, 2.24) is 10.2 Å². The Balaban J connectivity index is 0.00000162. The van der Waals surface area contributed by atoms with Crippen LogP contribution in [0.3, 0.4) is 0 Å². The van der Waals surface area contributed by atoms with Crippen LogP contribution in [0.2, 0.25) is 5.02 Å². The Morgan fingerprint density at radius 2 is 1.83 bits per heavy atom. The second kappa shape index (κ2) is 7.95. The van der Waals surface area contributed by atoms with Crippen molar-refractivity contribution in [3.63, 3.8) is 0 Å². The molecule has 0 aromatic heterocycles. The van der Waals surface area contributed by atoms with Gasteiger partial charge in [0.25, 0.3) is 0 Å². The van der Waals surface area contributed by atoms with Crippen LogP contribution in [-0.4, -0.2) is 37.8 Å². The fraction of sp³-hybridized carbons (Fsp3) is 0.538. The van der Waals surface area contributed by atoms with E-state index in [0.29, 0.717) is 6.42 Å². The first-order chi connectivity index (χ1) is 8.31. The normalized spacial score (nSPS) is 18.1. The van der Waals surface area contributed by atoms with Gasteiger partial charge >= 0.3 is 0 Å². The summed E-state index contributed by atoms with van der Waals surface area (Å²) in [7, 11) is 0. The van der Waals surface area contributed by atoms with E-state index in [2.05, 4.69) is 10.2 Å². The average molecular weight is 293 g/mol. The fourth-order valence-electron chi connectivity index (χ4n) is 2.34. The third-order valence-corrected chi connectivity index (χ3v) is 3.48. The van der Waals surface area contributed by atoms with Gasteiger partial charge in [-0.25, -0.2) is 0 Å². The molecule has 102 valence electrons. The molecule has 1 aromatic carbocycles. The van der Waals surface area contributed by atoms with Gasteiger partial charge in [0, 0.05) is 37.2 Å². The van der Waals surface area contributed by atoms with Crippen molar-refractivity contribution in [2.45, 2.75) is 12.5 Å². The lowest BCUT2D eigenvalue weighted by molar-refractivity contribution is 0.157. The van der Waals surface area contributed by atoms with Gasteiger partial charge in [-0.05, 0) is 24.1 Å². The van der Waals surface area contributed by atoms with Crippen LogP contribution in [0.25, 0.3) is 0 Å². The van der Waals surface area contributed by atoms with Crippen LogP contribution in [0.4, 0.5) is 4.39 Å². The van der Waals surface area contributed by atoms with Gasteiger partial charge in [-0.15, -0.1) is 12.4 Å². The lowest BCUT2D eigenvalue weighted by Gasteiger charge is -2.34. The predicted octanol–water partition coefficient (Wildman–Crippen LogP) is 3.07. The average Bonchev–Trinajstić information content (AvgIpc) is 2.38. The molecule has 0 radical (unpaired) electrons. The first kappa shape index (κ1) is 15.7. The van der Waals surface area contributed by atoms with E-state index in [4.69, 9.17) is 11.6 Å². The van der Waals surface area contributed by atoms with E-state index in [1.807, 2.05) is 24.3 Å². The van der Waals surface area contributed by atoms with E-state index in [1.54, 1.807) is 0 Å². The lowest BCUT2D eigenvalue weighted by Crippen LogP contribution is -2.45. The Bertz CT molecular complexity index is 339. The molecule has 1 atom stereocenters. The zero-order chi connectivity index (χ0) is 12.1. The van der Waals surface area contributed by atoms with Crippen molar-refractivity contribution in [3.8, 4) is 0 Å². The summed E-state index contributed by atoms with van der Waals surface area (Å²) in [6, 6.07) is 7.95. The van der Waals surface area contributed by atoms with Gasteiger partial charge in [0.05, 0.1) is 6.67 Å². The van der Waals surface area contributed by atoms with Crippen molar-refractivity contribution in [2.75, 3.05) is 32.9 Å². The van der Waals surface area contributed by atoms with Crippen molar-refractivity contribution >= 4 is 24.0 Å². The van der Waals surface area contributed by atoms with E-state index in [-0.39, 0.29) is 25.1 Å². The SMILES string of the molecule is Cl.FCC[C@H](c1ccc(Cl)cc1)N1CCNCC1. The minimum absolute atomic E-state index is 0. The molecule has 1 aromatic rings. The van der Waals surface area contributed by atoms with Gasteiger partial charge in [0.1, 0.15) is 0 Å². The molecule has 0 saturated carbocycles. The number of hydrogen-bond acceptors (Lipinski definition) is 2. The van der Waals surface area contributed by atoms with Gasteiger partial charge < -0.3 is 5.32 Å². The largest absolute Gasteiger partial charge is 0.314 e. The van der Waals surface area contributed by atoms with Crippen LogP contribution in [0, 0.1) is 0 Å². The number of alkyl halides is 1. The van der Waals surface area contributed by atoms with Crippen LogP contribution in [0.15, 0.2) is 24.3 Å². The summed E-state index contributed by atoms with van der Waals surface area (Å²) in [6.07, 6.45) is 0.557. The lowest BCUT2D eigenvalue weighted by atomic mass is 10.0. The summed E-state index contributed by atoms with van der Waals surface area (Å²) < 4.78 is 12.7. The van der Waals surface area contributed by atoms with Crippen molar-refractivity contribution in [2.24, 2.45) is 0 Å². The van der Waals surface area contributed by atoms with Crippen molar-refractivity contribution in [1.29, 1.82) is 0 Å². The molecule has 1 heterocycles. The number of benzene rings is 1. The topological polar surface area (TPSA) is 15.3 Å². The van der Waals surface area contributed by atoms with Crippen LogP contribution in [-0.2, 0) is 0 Å². The van der Waals surface area contributed by atoms with Crippen molar-refractivity contribution in [3.05, 3.63) is 34.9 Å². The summed E-state index contributed by atoms with van der Waals surface area (Å²) in [5.41, 5.74) is 1.16. The molecule has 5 heteroatoms. The second-order valence-electron chi connectivity index (χ2n) is 4.33. The van der Waals surface area contributed by atoms with Crippen LogP contribution in [0.1, 0.15) is 18.0 Å². The maximum absolute atomic E-state index is 12.7. The predicted molar refractivity (Wildman–Crippen MR) is 76.5 cm³/mol. The third-order valence-electron chi connectivity index (χ3n) is 3.23. The maximum atomic E-state index is 12.7. The Morgan fingerprint density at radius 1 is 1.22 bits per heavy atom. The maximum Gasteiger partial charge on any atom is 0.0912 e. The van der Waals surface area contributed by atoms with Gasteiger partial charge in [-0.3, -0.25) is 9.29 Å². The molecule has 1 fully saturated rings. The van der Waals surface area contributed by atoms with E-state index >= 15 is 0 Å². The highest BCUT2D eigenvalue weighted by Gasteiger charge is 2.21.